The van der Waals surface area contributed by atoms with E-state index in [2.05, 4.69) is 24.9 Å². The van der Waals surface area contributed by atoms with E-state index in [0.717, 1.165) is 17.4 Å². The normalized spacial score (nSPS) is 10.9. The Labute approximate surface area is 151 Å². The fraction of sp³-hybridized carbons (Fsp3) is 0.167. The molecule has 0 spiro atoms. The maximum atomic E-state index is 12.2. The smallest absolute Gasteiger partial charge is 0.357 e. The minimum absolute atomic E-state index is 0.129. The lowest BCUT2D eigenvalue weighted by molar-refractivity contribution is -0.117. The van der Waals surface area contributed by atoms with E-state index in [4.69, 9.17) is 16.6 Å². The number of rotatable bonds is 8. The molecule has 2 aromatic heterocycles. The van der Waals surface area contributed by atoms with Gasteiger partial charge in [-0.05, 0) is 12.1 Å². The fourth-order valence-electron chi connectivity index (χ4n) is 1.67. The number of nitrogens with zero attached hydrogens (tertiary/aromatic N) is 4. The second kappa shape index (κ2) is 7.83. The van der Waals surface area contributed by atoms with Crippen LogP contribution in [0.2, 0.25) is 0 Å². The molecule has 0 atom stereocenters. The van der Waals surface area contributed by atoms with Gasteiger partial charge in [0.25, 0.3) is 10.0 Å². The largest absolute Gasteiger partial charge is 0.476 e. The number of carboxylic acid groups (broad SMARTS) is 1. The minimum Gasteiger partial charge on any atom is -0.476 e. The highest BCUT2D eigenvalue weighted by Crippen LogP contribution is 2.23. The third-order valence-electron chi connectivity index (χ3n) is 2.78. The predicted molar refractivity (Wildman–Crippen MR) is 91.3 cm³/mol. The average Bonchev–Trinajstić information content (AvgIpc) is 3.01. The van der Waals surface area contributed by atoms with Crippen LogP contribution >= 0.6 is 11.3 Å². The highest BCUT2D eigenvalue weighted by atomic mass is 32.2. The number of anilines is 1. The van der Waals surface area contributed by atoms with Crippen LogP contribution in [-0.2, 0) is 21.2 Å². The molecule has 2 aromatic rings. The number of carbonyl (C=O) groups is 2. The third kappa shape index (κ3) is 4.93. The first-order chi connectivity index (χ1) is 12.2. The van der Waals surface area contributed by atoms with E-state index in [-0.39, 0.29) is 35.4 Å². The number of aliphatic imine (C=N–C) groups is 1. The summed E-state index contributed by atoms with van der Waals surface area (Å²) in [7, 11) is -4.16. The molecule has 14 heteroatoms. The summed E-state index contributed by atoms with van der Waals surface area (Å²) in [5.41, 5.74) is 11.2. The van der Waals surface area contributed by atoms with Gasteiger partial charge in [-0.2, -0.15) is 13.5 Å². The van der Waals surface area contributed by atoms with Crippen LogP contribution in [0.25, 0.3) is 0 Å². The molecule has 26 heavy (non-hydrogen) atoms. The lowest BCUT2D eigenvalue weighted by atomic mass is 10.2. The summed E-state index contributed by atoms with van der Waals surface area (Å²) in [6, 6.07) is 2.44. The molecule has 0 fully saturated rings. The Kier molecular flexibility index (Phi) is 5.78. The first kappa shape index (κ1) is 19.2. The molecule has 12 nitrogen and oxygen atoms in total. The van der Waals surface area contributed by atoms with Crippen molar-refractivity contribution in [1.29, 1.82) is 0 Å². The third-order valence-corrected chi connectivity index (χ3v) is 4.90. The van der Waals surface area contributed by atoms with Gasteiger partial charge in [0.15, 0.2) is 22.5 Å². The summed E-state index contributed by atoms with van der Waals surface area (Å²) in [6.45, 7) is -0.227. The number of carbonyl (C=O) groups excluding carboxylic acids is 1. The first-order valence-corrected chi connectivity index (χ1v) is 9.14. The average molecular weight is 399 g/mol. The summed E-state index contributed by atoms with van der Waals surface area (Å²) in [5.74, 6) is -1.93. The van der Waals surface area contributed by atoms with Gasteiger partial charge < -0.3 is 16.6 Å². The summed E-state index contributed by atoms with van der Waals surface area (Å²) in [6.07, 6.45) is -0.129. The van der Waals surface area contributed by atoms with Crippen LogP contribution < -0.4 is 16.2 Å². The number of nitrogens with one attached hydrogen (secondary N) is 1. The Bertz CT molecular complexity index is 949. The minimum atomic E-state index is -4.16. The zero-order chi connectivity index (χ0) is 19.3. The van der Waals surface area contributed by atoms with E-state index in [0.29, 0.717) is 0 Å². The lowest BCUT2D eigenvalue weighted by Crippen LogP contribution is -2.24. The molecule has 0 radical (unpaired) electrons. The molecule has 0 aromatic carbocycles. The second-order valence-corrected chi connectivity index (χ2v) is 7.24. The van der Waals surface area contributed by atoms with E-state index in [1.807, 2.05) is 0 Å². The molecule has 0 aliphatic rings. The van der Waals surface area contributed by atoms with E-state index >= 15 is 0 Å². The first-order valence-electron chi connectivity index (χ1n) is 6.78. The van der Waals surface area contributed by atoms with Crippen LogP contribution in [0.1, 0.15) is 16.2 Å². The maximum Gasteiger partial charge on any atom is 0.357 e. The number of thiazole rings is 1. The van der Waals surface area contributed by atoms with Crippen LogP contribution in [0.3, 0.4) is 0 Å². The van der Waals surface area contributed by atoms with Crippen LogP contribution in [0, 0.1) is 0 Å². The molecular formula is C12H13N7O5S2. The van der Waals surface area contributed by atoms with Crippen molar-refractivity contribution in [3.63, 3.8) is 0 Å². The van der Waals surface area contributed by atoms with Gasteiger partial charge in [-0.15, -0.1) is 16.4 Å². The van der Waals surface area contributed by atoms with Crippen LogP contribution in [-0.4, -0.2) is 53.0 Å². The number of ketones is 1. The van der Waals surface area contributed by atoms with Gasteiger partial charge in [0, 0.05) is 0 Å². The summed E-state index contributed by atoms with van der Waals surface area (Å²) in [4.78, 5) is 29.7. The van der Waals surface area contributed by atoms with Gasteiger partial charge in [0.2, 0.25) is 0 Å². The van der Waals surface area contributed by atoms with E-state index in [9.17, 15) is 18.0 Å². The molecule has 2 rings (SSSR count). The Balaban J connectivity index is 2.11. The molecule has 6 N–H and O–H groups in total. The van der Waals surface area contributed by atoms with E-state index < -0.39 is 26.7 Å². The van der Waals surface area contributed by atoms with E-state index in [1.165, 1.54) is 11.6 Å². The maximum absolute atomic E-state index is 12.2. The zero-order valence-corrected chi connectivity index (χ0v) is 14.6. The van der Waals surface area contributed by atoms with Crippen molar-refractivity contribution in [2.45, 2.75) is 11.4 Å². The Morgan fingerprint density at radius 2 is 2.00 bits per heavy atom. The van der Waals surface area contributed by atoms with Crippen molar-refractivity contribution in [2.24, 2.45) is 16.5 Å². The molecule has 0 saturated heterocycles. The number of guanidine groups is 1. The molecule has 0 saturated carbocycles. The van der Waals surface area contributed by atoms with Crippen molar-refractivity contribution in [3.8, 4) is 0 Å². The number of carboxylic acids is 1. The van der Waals surface area contributed by atoms with Gasteiger partial charge in [-0.3, -0.25) is 9.52 Å². The lowest BCUT2D eigenvalue weighted by Gasteiger charge is -2.06. The number of hydrogen-bond acceptors (Lipinski definition) is 9. The number of aromatic nitrogens is 3. The standard InChI is InChI=1S/C12H13N7O5S2/c13-12(14)15-4-7(20)3-6-1-2-8(18-17-6)26(23,24)19-10-9(11(21)22)16-5-25-10/h1-2,5,19H,3-4H2,(H,21,22)(H4,13,14,15). The zero-order valence-electron chi connectivity index (χ0n) is 13.0. The molecular weight excluding hydrogens is 386 g/mol. The van der Waals surface area contributed by atoms with Crippen molar-refractivity contribution in [2.75, 3.05) is 11.3 Å². The van der Waals surface area contributed by atoms with Gasteiger partial charge in [-0.25, -0.2) is 14.8 Å². The van der Waals surface area contributed by atoms with Crippen molar-refractivity contribution >= 4 is 44.1 Å². The second-order valence-electron chi connectivity index (χ2n) is 4.76. The summed E-state index contributed by atoms with van der Waals surface area (Å²) >= 11 is 0.811. The molecule has 0 aliphatic carbocycles. The van der Waals surface area contributed by atoms with Crippen molar-refractivity contribution in [3.05, 3.63) is 29.0 Å². The number of nitrogens with two attached hydrogens (primary N) is 2. The Morgan fingerprint density at radius 1 is 1.27 bits per heavy atom. The number of Topliss-reactive ketones (excluding diaryl/α,β-unsaturated/α-hetero) is 1. The fourth-order valence-corrected chi connectivity index (χ4v) is 3.55. The number of aromatic carboxylic acids is 1. The molecule has 0 aliphatic heterocycles. The Hall–Kier alpha value is -3.13. The number of sulfonamides is 1. The molecule has 0 unspecified atom stereocenters. The van der Waals surface area contributed by atoms with Gasteiger partial charge in [0.05, 0.1) is 17.6 Å². The summed E-state index contributed by atoms with van der Waals surface area (Å²) < 4.78 is 26.6. The van der Waals surface area contributed by atoms with E-state index in [1.54, 1.807) is 0 Å². The van der Waals surface area contributed by atoms with Crippen LogP contribution in [0.5, 0.6) is 0 Å². The van der Waals surface area contributed by atoms with Crippen molar-refractivity contribution < 1.29 is 23.1 Å². The quantitative estimate of drug-likeness (QED) is 0.309. The van der Waals surface area contributed by atoms with Crippen LogP contribution in [0.15, 0.2) is 27.7 Å². The number of hydrogen-bond donors (Lipinski definition) is 4. The van der Waals surface area contributed by atoms with Gasteiger partial charge >= 0.3 is 5.97 Å². The highest BCUT2D eigenvalue weighted by Gasteiger charge is 2.22. The summed E-state index contributed by atoms with van der Waals surface area (Å²) in [5, 5.41) is 15.6. The molecule has 138 valence electrons. The Morgan fingerprint density at radius 3 is 2.58 bits per heavy atom. The molecule has 0 bridgehead atoms. The van der Waals surface area contributed by atoms with Gasteiger partial charge in [0.1, 0.15) is 11.5 Å². The highest BCUT2D eigenvalue weighted by molar-refractivity contribution is 7.92. The van der Waals surface area contributed by atoms with Crippen molar-refractivity contribution in [1.82, 2.24) is 15.2 Å². The van der Waals surface area contributed by atoms with Gasteiger partial charge in [-0.1, -0.05) is 0 Å². The predicted octanol–water partition coefficient (Wildman–Crippen LogP) is -1.18. The molecule has 2 heterocycles. The SMILES string of the molecule is NC(N)=NCC(=O)Cc1ccc(S(=O)(=O)Nc2scnc2C(=O)O)nn1. The monoisotopic (exact) mass is 399 g/mol. The topological polar surface area (TPSA) is 204 Å². The molecule has 0 amide bonds. The van der Waals surface area contributed by atoms with Crippen LogP contribution in [0.4, 0.5) is 5.00 Å².